The Morgan fingerprint density at radius 3 is 2.26 bits per heavy atom. The van der Waals surface area contributed by atoms with Gasteiger partial charge in [-0.2, -0.15) is 0 Å². The summed E-state index contributed by atoms with van der Waals surface area (Å²) < 4.78 is 46.2. The van der Waals surface area contributed by atoms with Gasteiger partial charge in [0.15, 0.2) is 0 Å². The number of carbonyl (C=O) groups is 2. The molecule has 0 spiro atoms. The number of likely N-dealkylation sites (tertiary alicyclic amines) is 1. The number of benzene rings is 1. The van der Waals surface area contributed by atoms with Gasteiger partial charge in [0.05, 0.1) is 30.3 Å². The summed E-state index contributed by atoms with van der Waals surface area (Å²) in [5.74, 6) is -1.67. The van der Waals surface area contributed by atoms with Crippen molar-refractivity contribution in [3.8, 4) is 0 Å². The predicted octanol–water partition coefficient (Wildman–Crippen LogP) is 4.41. The molecule has 1 N–H and O–H groups in total. The molecule has 8 nitrogen and oxygen atoms in total. The minimum Gasteiger partial charge on any atom is -0.444 e. The van der Waals surface area contributed by atoms with E-state index in [9.17, 15) is 23.5 Å². The van der Waals surface area contributed by atoms with Crippen molar-refractivity contribution in [3.63, 3.8) is 0 Å². The molecule has 2 heterocycles. The molecule has 2 saturated heterocycles. The van der Waals surface area contributed by atoms with Crippen LogP contribution in [-0.4, -0.2) is 81.3 Å². The second-order valence-electron chi connectivity index (χ2n) is 12.5. The zero-order valence-electron chi connectivity index (χ0n) is 23.7. The fraction of sp³-hybridized carbons (Fsp3) is 0.714. The van der Waals surface area contributed by atoms with Crippen LogP contribution in [0.15, 0.2) is 18.2 Å². The van der Waals surface area contributed by atoms with Crippen molar-refractivity contribution in [2.75, 3.05) is 13.2 Å². The monoisotopic (exact) mass is 540 g/mol. The quantitative estimate of drug-likeness (QED) is 0.551. The Labute approximate surface area is 224 Å². The minimum absolute atomic E-state index is 0.130. The van der Waals surface area contributed by atoms with Crippen LogP contribution in [-0.2, 0) is 25.4 Å². The van der Waals surface area contributed by atoms with Crippen LogP contribution in [0.2, 0.25) is 0 Å². The van der Waals surface area contributed by atoms with Gasteiger partial charge in [0.25, 0.3) is 0 Å². The number of hydrogen-bond acceptors (Lipinski definition) is 6. The van der Waals surface area contributed by atoms with Crippen molar-refractivity contribution < 1.29 is 37.7 Å². The van der Waals surface area contributed by atoms with E-state index in [4.69, 9.17) is 14.2 Å². The molecule has 1 aromatic rings. The van der Waals surface area contributed by atoms with Crippen molar-refractivity contribution >= 4 is 12.0 Å². The third-order valence-corrected chi connectivity index (χ3v) is 6.80. The fourth-order valence-corrected chi connectivity index (χ4v) is 5.40. The van der Waals surface area contributed by atoms with Crippen LogP contribution in [0.5, 0.6) is 0 Å². The Morgan fingerprint density at radius 2 is 1.74 bits per heavy atom. The second-order valence-corrected chi connectivity index (χ2v) is 12.5. The van der Waals surface area contributed by atoms with Gasteiger partial charge in [-0.05, 0) is 85.4 Å². The van der Waals surface area contributed by atoms with E-state index in [0.29, 0.717) is 25.0 Å². The molecule has 10 heteroatoms. The maximum absolute atomic E-state index is 14.0. The lowest BCUT2D eigenvalue weighted by molar-refractivity contribution is -0.146. The van der Waals surface area contributed by atoms with Gasteiger partial charge in [-0.3, -0.25) is 9.69 Å². The minimum atomic E-state index is -1.02. The van der Waals surface area contributed by atoms with Gasteiger partial charge >= 0.3 is 6.09 Å². The highest BCUT2D eigenvalue weighted by atomic mass is 19.1. The third-order valence-electron chi connectivity index (χ3n) is 6.80. The Morgan fingerprint density at radius 1 is 1.13 bits per heavy atom. The summed E-state index contributed by atoms with van der Waals surface area (Å²) in [5.41, 5.74) is -2.27. The molecule has 0 saturated carbocycles. The summed E-state index contributed by atoms with van der Waals surface area (Å²) in [6.07, 6.45) is -0.596. The van der Waals surface area contributed by atoms with E-state index < -0.39 is 52.8 Å². The highest BCUT2D eigenvalue weighted by molar-refractivity contribution is 5.75. The van der Waals surface area contributed by atoms with E-state index in [0.717, 1.165) is 6.07 Å². The molecule has 0 aromatic heterocycles. The van der Waals surface area contributed by atoms with Gasteiger partial charge in [-0.1, -0.05) is 0 Å². The van der Waals surface area contributed by atoms with E-state index >= 15 is 0 Å². The van der Waals surface area contributed by atoms with E-state index in [1.807, 2.05) is 0 Å². The molecule has 2 amide bonds. The van der Waals surface area contributed by atoms with Gasteiger partial charge in [-0.25, -0.2) is 13.6 Å². The van der Waals surface area contributed by atoms with E-state index in [1.54, 1.807) is 58.3 Å². The van der Waals surface area contributed by atoms with Crippen molar-refractivity contribution in [1.82, 2.24) is 9.80 Å². The van der Waals surface area contributed by atoms with Crippen molar-refractivity contribution in [2.45, 2.75) is 116 Å². The molecule has 1 aromatic carbocycles. The Kier molecular flexibility index (Phi) is 8.80. The van der Waals surface area contributed by atoms with E-state index in [1.165, 1.54) is 19.1 Å². The van der Waals surface area contributed by atoms with Crippen LogP contribution >= 0.6 is 0 Å². The second kappa shape index (κ2) is 11.1. The van der Waals surface area contributed by atoms with Crippen molar-refractivity contribution in [1.29, 1.82) is 0 Å². The lowest BCUT2D eigenvalue weighted by Gasteiger charge is -2.34. The van der Waals surface area contributed by atoms with Gasteiger partial charge in [0.2, 0.25) is 5.91 Å². The molecule has 2 aliphatic heterocycles. The summed E-state index contributed by atoms with van der Waals surface area (Å²) in [6.45, 7) is 14.2. The predicted molar refractivity (Wildman–Crippen MR) is 137 cm³/mol. The SMILES string of the molecule is CC(=O)N1[C@@H](Cc2cc(F)cc(F)c2)[C@@H]([C@H]2C[C@@H](OCCC(C)(C)O)CN2C(=O)OC(C)(C)C)OC1(C)C. The molecule has 3 rings (SSSR count). The number of amides is 2. The molecular formula is C28H42F2N2O6. The fourth-order valence-electron chi connectivity index (χ4n) is 5.40. The number of nitrogens with zero attached hydrogens (tertiary/aromatic N) is 2. The number of ether oxygens (including phenoxy) is 3. The molecule has 0 radical (unpaired) electrons. The van der Waals surface area contributed by atoms with Crippen LogP contribution in [0.25, 0.3) is 0 Å². The largest absolute Gasteiger partial charge is 0.444 e. The summed E-state index contributed by atoms with van der Waals surface area (Å²) in [7, 11) is 0. The van der Waals surface area contributed by atoms with Crippen LogP contribution < -0.4 is 0 Å². The molecular weight excluding hydrogens is 498 g/mol. The standard InChI is InChI=1S/C28H42F2N2O6/c1-17(33)32-23(13-18-11-19(29)14-20(30)12-18)24(37-28(32,7)8)22-15-21(36-10-9-27(5,6)35)16-31(22)25(34)38-26(2,3)4/h11-12,14,21-24,35H,9-10,13,15-16H2,1-8H3/t21-,22-,23+,24-/m1/s1. The van der Waals surface area contributed by atoms with Crippen LogP contribution in [0.3, 0.4) is 0 Å². The molecule has 214 valence electrons. The van der Waals surface area contributed by atoms with Gasteiger partial charge in [0.1, 0.15) is 29.1 Å². The Hall–Kier alpha value is -2.30. The summed E-state index contributed by atoms with van der Waals surface area (Å²) in [4.78, 5) is 29.3. The number of rotatable bonds is 7. The van der Waals surface area contributed by atoms with Crippen molar-refractivity contribution in [3.05, 3.63) is 35.4 Å². The smallest absolute Gasteiger partial charge is 0.410 e. The first-order valence-corrected chi connectivity index (χ1v) is 13.1. The molecule has 4 atom stereocenters. The molecule has 2 aliphatic rings. The van der Waals surface area contributed by atoms with Gasteiger partial charge < -0.3 is 24.2 Å². The Balaban J connectivity index is 1.95. The maximum atomic E-state index is 14.0. The lowest BCUT2D eigenvalue weighted by Crippen LogP contribution is -2.52. The lowest BCUT2D eigenvalue weighted by atomic mass is 9.94. The van der Waals surface area contributed by atoms with Crippen LogP contribution in [0.1, 0.15) is 73.8 Å². The highest BCUT2D eigenvalue weighted by Crippen LogP contribution is 2.40. The molecule has 0 aliphatic carbocycles. The molecule has 0 unspecified atom stereocenters. The number of carbonyl (C=O) groups excluding carboxylic acids is 2. The average Bonchev–Trinajstić information content (AvgIpc) is 3.23. The van der Waals surface area contributed by atoms with Crippen molar-refractivity contribution in [2.24, 2.45) is 0 Å². The zero-order chi connectivity index (χ0) is 28.6. The molecule has 2 fully saturated rings. The first kappa shape index (κ1) is 30.2. The van der Waals surface area contributed by atoms with Crippen LogP contribution in [0.4, 0.5) is 13.6 Å². The first-order valence-electron chi connectivity index (χ1n) is 13.1. The first-order chi connectivity index (χ1) is 17.4. The number of aliphatic hydroxyl groups is 1. The van der Waals surface area contributed by atoms with Gasteiger partial charge in [-0.15, -0.1) is 0 Å². The average molecular weight is 541 g/mol. The molecule has 38 heavy (non-hydrogen) atoms. The Bertz CT molecular complexity index is 999. The number of halogens is 2. The van der Waals surface area contributed by atoms with E-state index in [2.05, 4.69) is 0 Å². The maximum Gasteiger partial charge on any atom is 0.410 e. The summed E-state index contributed by atoms with van der Waals surface area (Å²) in [5, 5.41) is 10.1. The third kappa shape index (κ3) is 7.64. The van der Waals surface area contributed by atoms with E-state index in [-0.39, 0.29) is 25.0 Å². The molecule has 0 bridgehead atoms. The highest BCUT2D eigenvalue weighted by Gasteiger charge is 2.55. The topological polar surface area (TPSA) is 88.5 Å². The number of hydrogen-bond donors (Lipinski definition) is 1. The summed E-state index contributed by atoms with van der Waals surface area (Å²) >= 11 is 0. The zero-order valence-corrected chi connectivity index (χ0v) is 23.7. The van der Waals surface area contributed by atoms with Crippen LogP contribution in [0, 0.1) is 11.6 Å². The normalized spacial score (nSPS) is 25.7. The summed E-state index contributed by atoms with van der Waals surface area (Å²) in [6, 6.07) is 2.16. The van der Waals surface area contributed by atoms with Gasteiger partial charge in [0, 0.05) is 19.6 Å².